The summed E-state index contributed by atoms with van der Waals surface area (Å²) in [6.07, 6.45) is 5.70. The molecule has 122 valence electrons. The Morgan fingerprint density at radius 1 is 1.27 bits per heavy atom. The van der Waals surface area contributed by atoms with Crippen LogP contribution in [-0.2, 0) is 6.54 Å². The van der Waals surface area contributed by atoms with E-state index in [1.165, 1.54) is 36.8 Å². The van der Waals surface area contributed by atoms with Crippen molar-refractivity contribution in [1.82, 2.24) is 10.2 Å². The van der Waals surface area contributed by atoms with E-state index in [1.807, 2.05) is 7.05 Å². The minimum absolute atomic E-state index is 0. The standard InChI is InChI=1S/C18H27N3.HI/c1-14-4-6-15(7-5-14)12-21(3)17(19-2)20-13-18(10-11-18)16-8-9-16;/h4-7,16H,8-13H2,1-3H3,(H,19,20);1H. The van der Waals surface area contributed by atoms with Crippen molar-refractivity contribution in [2.75, 3.05) is 20.6 Å². The van der Waals surface area contributed by atoms with Gasteiger partial charge in [0.05, 0.1) is 0 Å². The highest BCUT2D eigenvalue weighted by Crippen LogP contribution is 2.60. The van der Waals surface area contributed by atoms with Gasteiger partial charge in [-0.15, -0.1) is 24.0 Å². The molecule has 2 aliphatic carbocycles. The SMILES string of the molecule is CN=C(NCC1(C2CC2)CC1)N(C)Cc1ccc(C)cc1.I. The van der Waals surface area contributed by atoms with E-state index < -0.39 is 0 Å². The third-order valence-electron chi connectivity index (χ3n) is 5.05. The average molecular weight is 413 g/mol. The molecular formula is C18H28IN3. The van der Waals surface area contributed by atoms with Gasteiger partial charge in [-0.2, -0.15) is 0 Å². The van der Waals surface area contributed by atoms with Crippen molar-refractivity contribution in [2.45, 2.75) is 39.2 Å². The molecule has 0 amide bonds. The molecule has 0 spiro atoms. The molecule has 0 heterocycles. The van der Waals surface area contributed by atoms with E-state index in [0.717, 1.165) is 25.0 Å². The van der Waals surface area contributed by atoms with E-state index in [4.69, 9.17) is 0 Å². The fraction of sp³-hybridized carbons (Fsp3) is 0.611. The second-order valence-corrected chi connectivity index (χ2v) is 6.88. The van der Waals surface area contributed by atoms with E-state index in [0.29, 0.717) is 5.41 Å². The fourth-order valence-electron chi connectivity index (χ4n) is 3.27. The maximum absolute atomic E-state index is 4.44. The Labute approximate surface area is 151 Å². The van der Waals surface area contributed by atoms with Crippen LogP contribution in [0.5, 0.6) is 0 Å². The Kier molecular flexibility index (Phi) is 5.75. The molecule has 1 aromatic rings. The molecule has 0 aliphatic heterocycles. The first-order valence-corrected chi connectivity index (χ1v) is 8.10. The summed E-state index contributed by atoms with van der Waals surface area (Å²) in [7, 11) is 4.00. The van der Waals surface area contributed by atoms with Crippen molar-refractivity contribution >= 4 is 29.9 Å². The Balaban J connectivity index is 0.00000176. The maximum Gasteiger partial charge on any atom is 0.193 e. The number of guanidine groups is 1. The molecule has 0 saturated heterocycles. The zero-order chi connectivity index (χ0) is 14.9. The topological polar surface area (TPSA) is 27.6 Å². The van der Waals surface area contributed by atoms with Crippen LogP contribution in [0, 0.1) is 18.3 Å². The Bertz CT molecular complexity index is 516. The van der Waals surface area contributed by atoms with Gasteiger partial charge in [-0.3, -0.25) is 4.99 Å². The number of aliphatic imine (C=N–C) groups is 1. The Morgan fingerprint density at radius 3 is 2.41 bits per heavy atom. The van der Waals surface area contributed by atoms with Crippen molar-refractivity contribution in [2.24, 2.45) is 16.3 Å². The van der Waals surface area contributed by atoms with Crippen LogP contribution in [0.2, 0.25) is 0 Å². The second-order valence-electron chi connectivity index (χ2n) is 6.88. The van der Waals surface area contributed by atoms with Crippen LogP contribution in [0.1, 0.15) is 36.8 Å². The molecule has 0 atom stereocenters. The first-order valence-electron chi connectivity index (χ1n) is 8.10. The van der Waals surface area contributed by atoms with Crippen molar-refractivity contribution < 1.29 is 0 Å². The number of rotatable bonds is 5. The number of aryl methyl sites for hydroxylation is 1. The average Bonchev–Trinajstić information content (AvgIpc) is 3.35. The molecule has 4 heteroatoms. The molecule has 2 aliphatic rings. The van der Waals surface area contributed by atoms with Crippen LogP contribution >= 0.6 is 24.0 Å². The lowest BCUT2D eigenvalue weighted by Crippen LogP contribution is -2.41. The van der Waals surface area contributed by atoms with Crippen LogP contribution in [0.25, 0.3) is 0 Å². The highest BCUT2D eigenvalue weighted by atomic mass is 127. The number of benzene rings is 1. The molecule has 3 nitrogen and oxygen atoms in total. The lowest BCUT2D eigenvalue weighted by Gasteiger charge is -2.24. The van der Waals surface area contributed by atoms with Gasteiger partial charge >= 0.3 is 0 Å². The summed E-state index contributed by atoms with van der Waals surface area (Å²) in [6, 6.07) is 8.74. The molecule has 0 bridgehead atoms. The Hall–Kier alpha value is -0.780. The van der Waals surface area contributed by atoms with Crippen LogP contribution < -0.4 is 5.32 Å². The lowest BCUT2D eigenvalue weighted by molar-refractivity contribution is 0.409. The third-order valence-corrected chi connectivity index (χ3v) is 5.05. The first kappa shape index (κ1) is 17.6. The minimum atomic E-state index is 0. The summed E-state index contributed by atoms with van der Waals surface area (Å²) >= 11 is 0. The van der Waals surface area contributed by atoms with E-state index in [9.17, 15) is 0 Å². The number of nitrogens with one attached hydrogen (secondary N) is 1. The van der Waals surface area contributed by atoms with Gasteiger partial charge in [-0.05, 0) is 49.5 Å². The molecule has 2 fully saturated rings. The van der Waals surface area contributed by atoms with Gasteiger partial charge in [0, 0.05) is 27.2 Å². The highest BCUT2D eigenvalue weighted by molar-refractivity contribution is 14.0. The van der Waals surface area contributed by atoms with Gasteiger partial charge < -0.3 is 10.2 Å². The smallest absolute Gasteiger partial charge is 0.193 e. The summed E-state index contributed by atoms with van der Waals surface area (Å²) in [5.41, 5.74) is 3.25. The van der Waals surface area contributed by atoms with Crippen LogP contribution in [0.4, 0.5) is 0 Å². The second kappa shape index (κ2) is 7.20. The molecule has 2 saturated carbocycles. The van der Waals surface area contributed by atoms with Gasteiger partial charge in [-0.25, -0.2) is 0 Å². The summed E-state index contributed by atoms with van der Waals surface area (Å²) < 4.78 is 0. The van der Waals surface area contributed by atoms with Crippen LogP contribution in [-0.4, -0.2) is 31.5 Å². The maximum atomic E-state index is 4.44. The predicted octanol–water partition coefficient (Wildman–Crippen LogP) is 3.81. The van der Waals surface area contributed by atoms with E-state index in [-0.39, 0.29) is 24.0 Å². The molecule has 3 rings (SSSR count). The number of hydrogen-bond acceptors (Lipinski definition) is 1. The number of hydrogen-bond donors (Lipinski definition) is 1. The van der Waals surface area contributed by atoms with Gasteiger partial charge in [0.2, 0.25) is 0 Å². The summed E-state index contributed by atoms with van der Waals surface area (Å²) in [5.74, 6) is 2.01. The molecule has 22 heavy (non-hydrogen) atoms. The van der Waals surface area contributed by atoms with Gasteiger partial charge in [0.15, 0.2) is 5.96 Å². The largest absolute Gasteiger partial charge is 0.356 e. The monoisotopic (exact) mass is 413 g/mol. The fourth-order valence-corrected chi connectivity index (χ4v) is 3.27. The van der Waals surface area contributed by atoms with E-state index in [1.54, 1.807) is 0 Å². The van der Waals surface area contributed by atoms with E-state index in [2.05, 4.69) is 53.4 Å². The van der Waals surface area contributed by atoms with Crippen molar-refractivity contribution in [1.29, 1.82) is 0 Å². The summed E-state index contributed by atoms with van der Waals surface area (Å²) in [6.45, 7) is 4.12. The Morgan fingerprint density at radius 2 is 1.91 bits per heavy atom. The molecule has 0 unspecified atom stereocenters. The zero-order valence-corrected chi connectivity index (χ0v) is 16.3. The van der Waals surface area contributed by atoms with E-state index >= 15 is 0 Å². The minimum Gasteiger partial charge on any atom is -0.356 e. The van der Waals surface area contributed by atoms with Crippen LogP contribution in [0.15, 0.2) is 29.3 Å². The molecule has 0 radical (unpaired) electrons. The predicted molar refractivity (Wildman–Crippen MR) is 104 cm³/mol. The normalized spacial score (nSPS) is 19.3. The highest BCUT2D eigenvalue weighted by Gasteiger charge is 2.53. The molecular weight excluding hydrogens is 385 g/mol. The molecule has 0 aromatic heterocycles. The van der Waals surface area contributed by atoms with Crippen molar-refractivity contribution in [3.63, 3.8) is 0 Å². The van der Waals surface area contributed by atoms with Crippen molar-refractivity contribution in [3.05, 3.63) is 35.4 Å². The molecule has 1 N–H and O–H groups in total. The molecule has 1 aromatic carbocycles. The lowest BCUT2D eigenvalue weighted by atomic mass is 10.0. The summed E-state index contributed by atoms with van der Waals surface area (Å²) in [4.78, 5) is 6.66. The van der Waals surface area contributed by atoms with Gasteiger partial charge in [0.1, 0.15) is 0 Å². The zero-order valence-electron chi connectivity index (χ0n) is 13.9. The number of halogens is 1. The third kappa shape index (κ3) is 4.15. The number of nitrogens with zero attached hydrogens (tertiary/aromatic N) is 2. The van der Waals surface area contributed by atoms with Gasteiger partial charge in [-0.1, -0.05) is 29.8 Å². The first-order chi connectivity index (χ1) is 10.1. The van der Waals surface area contributed by atoms with Crippen molar-refractivity contribution in [3.8, 4) is 0 Å². The quantitative estimate of drug-likeness (QED) is 0.452. The van der Waals surface area contributed by atoms with Gasteiger partial charge in [0.25, 0.3) is 0 Å². The summed E-state index contributed by atoms with van der Waals surface area (Å²) in [5, 5.41) is 3.60. The van der Waals surface area contributed by atoms with Crippen LogP contribution in [0.3, 0.4) is 0 Å².